The third-order valence-electron chi connectivity index (χ3n) is 6.62. The van der Waals surface area contributed by atoms with E-state index in [-0.39, 0.29) is 11.3 Å². The maximum absolute atomic E-state index is 12.7. The van der Waals surface area contributed by atoms with Gasteiger partial charge in [-0.3, -0.25) is 25.2 Å². The summed E-state index contributed by atoms with van der Waals surface area (Å²) in [7, 11) is 0. The Morgan fingerprint density at radius 3 is 1.83 bits per heavy atom. The molecule has 3 amide bonds. The Morgan fingerprint density at radius 1 is 0.683 bits per heavy atom. The summed E-state index contributed by atoms with van der Waals surface area (Å²) in [5.41, 5.74) is 9.57. The molecule has 0 bridgehead atoms. The molecular weight excluding hydrogens is 514 g/mol. The highest BCUT2D eigenvalue weighted by Crippen LogP contribution is 2.24. The van der Waals surface area contributed by atoms with Crippen LogP contribution in [0.5, 0.6) is 5.75 Å². The molecule has 7 nitrogen and oxygen atoms in total. The minimum absolute atomic E-state index is 0.00441. The van der Waals surface area contributed by atoms with Crippen molar-refractivity contribution >= 4 is 23.4 Å². The maximum Gasteiger partial charge on any atom is 0.279 e. The van der Waals surface area contributed by atoms with Crippen LogP contribution in [0.4, 0.5) is 5.69 Å². The summed E-state index contributed by atoms with van der Waals surface area (Å²) in [4.78, 5) is 37.9. The molecule has 0 aliphatic heterocycles. The molecule has 7 heteroatoms. The number of anilines is 1. The van der Waals surface area contributed by atoms with Crippen LogP contribution in [-0.4, -0.2) is 23.8 Å². The second-order valence-corrected chi connectivity index (χ2v) is 10.7. The van der Waals surface area contributed by atoms with Gasteiger partial charge in [0, 0.05) is 16.8 Å². The molecule has 0 aliphatic rings. The van der Waals surface area contributed by atoms with Crippen LogP contribution in [-0.2, 0) is 10.2 Å². The van der Waals surface area contributed by atoms with E-state index in [1.807, 2.05) is 73.7 Å². The number of carbonyl (C=O) groups is 3. The van der Waals surface area contributed by atoms with Gasteiger partial charge < -0.3 is 10.1 Å². The Hall–Kier alpha value is -4.91. The Bertz CT molecular complexity index is 1470. The van der Waals surface area contributed by atoms with Crippen molar-refractivity contribution < 1.29 is 19.1 Å². The van der Waals surface area contributed by atoms with Gasteiger partial charge in [0.1, 0.15) is 5.75 Å². The molecule has 0 aliphatic carbocycles. The summed E-state index contributed by atoms with van der Waals surface area (Å²) in [6.07, 6.45) is -0.372. The summed E-state index contributed by atoms with van der Waals surface area (Å²) in [5, 5.41) is 2.83. The third-order valence-corrected chi connectivity index (χ3v) is 6.62. The molecule has 1 unspecified atom stereocenters. The lowest BCUT2D eigenvalue weighted by molar-refractivity contribution is -0.128. The van der Waals surface area contributed by atoms with Crippen LogP contribution in [0.3, 0.4) is 0 Å². The molecule has 1 atom stereocenters. The van der Waals surface area contributed by atoms with E-state index in [9.17, 15) is 14.4 Å². The molecule has 4 aromatic carbocycles. The molecule has 210 valence electrons. The minimum atomic E-state index is -0.784. The standard InChI is InChI=1S/C34H35N3O4/c1-5-30(41-29-21-15-24(16-22-29)23-9-7-6-8-10-23)33(40)37-36-32(39)26-13-19-28(20-14-26)35-31(38)25-11-17-27(18-12-25)34(2,3)4/h6-22,30H,5H2,1-4H3,(H,35,38)(H,36,39)(H,37,40). The van der Waals surface area contributed by atoms with Gasteiger partial charge in [0.05, 0.1) is 0 Å². The van der Waals surface area contributed by atoms with Gasteiger partial charge in [-0.15, -0.1) is 0 Å². The molecule has 3 N–H and O–H groups in total. The zero-order valence-corrected chi connectivity index (χ0v) is 23.7. The third kappa shape index (κ3) is 7.82. The molecule has 0 radical (unpaired) electrons. The van der Waals surface area contributed by atoms with Crippen molar-refractivity contribution in [2.24, 2.45) is 0 Å². The zero-order valence-electron chi connectivity index (χ0n) is 23.7. The van der Waals surface area contributed by atoms with E-state index in [4.69, 9.17) is 4.74 Å². The number of hydrogen-bond acceptors (Lipinski definition) is 4. The fourth-order valence-electron chi connectivity index (χ4n) is 4.14. The molecule has 41 heavy (non-hydrogen) atoms. The van der Waals surface area contributed by atoms with Crippen molar-refractivity contribution in [1.29, 1.82) is 0 Å². The van der Waals surface area contributed by atoms with Gasteiger partial charge in [0.15, 0.2) is 6.10 Å². The Labute approximate surface area is 240 Å². The molecule has 0 fully saturated rings. The quantitative estimate of drug-likeness (QED) is 0.218. The van der Waals surface area contributed by atoms with Crippen LogP contribution in [0.2, 0.25) is 0 Å². The predicted octanol–water partition coefficient (Wildman–Crippen LogP) is 6.52. The highest BCUT2D eigenvalue weighted by atomic mass is 16.5. The summed E-state index contributed by atoms with van der Waals surface area (Å²) in [6.45, 7) is 8.18. The van der Waals surface area contributed by atoms with E-state index >= 15 is 0 Å². The number of hydrazine groups is 1. The van der Waals surface area contributed by atoms with E-state index in [0.29, 0.717) is 29.0 Å². The number of hydrogen-bond donors (Lipinski definition) is 3. The Kier molecular flexibility index (Phi) is 9.19. The smallest absolute Gasteiger partial charge is 0.279 e. The highest BCUT2D eigenvalue weighted by Gasteiger charge is 2.20. The van der Waals surface area contributed by atoms with Crippen molar-refractivity contribution in [3.63, 3.8) is 0 Å². The largest absolute Gasteiger partial charge is 0.481 e. The monoisotopic (exact) mass is 549 g/mol. The second kappa shape index (κ2) is 13.0. The van der Waals surface area contributed by atoms with Crippen LogP contribution in [0.25, 0.3) is 11.1 Å². The molecule has 0 heterocycles. The highest BCUT2D eigenvalue weighted by molar-refractivity contribution is 6.04. The topological polar surface area (TPSA) is 96.5 Å². The maximum atomic E-state index is 12.7. The molecule has 4 aromatic rings. The number of nitrogens with one attached hydrogen (secondary N) is 3. The summed E-state index contributed by atoms with van der Waals surface area (Å²) in [5.74, 6) is -0.638. The van der Waals surface area contributed by atoms with Crippen LogP contribution in [0, 0.1) is 0 Å². The second-order valence-electron chi connectivity index (χ2n) is 10.7. The van der Waals surface area contributed by atoms with Crippen molar-refractivity contribution in [1.82, 2.24) is 10.9 Å². The van der Waals surface area contributed by atoms with Gasteiger partial charge in [0.2, 0.25) is 0 Å². The molecule has 0 saturated heterocycles. The van der Waals surface area contributed by atoms with Crippen molar-refractivity contribution in [3.8, 4) is 16.9 Å². The van der Waals surface area contributed by atoms with Gasteiger partial charge in [-0.2, -0.15) is 0 Å². The Morgan fingerprint density at radius 2 is 1.24 bits per heavy atom. The van der Waals surface area contributed by atoms with Crippen LogP contribution < -0.4 is 20.9 Å². The Balaban J connectivity index is 1.27. The number of ether oxygens (including phenoxy) is 1. The molecular formula is C34H35N3O4. The lowest BCUT2D eigenvalue weighted by Gasteiger charge is -2.19. The van der Waals surface area contributed by atoms with Crippen LogP contribution in [0.1, 0.15) is 60.4 Å². The fraction of sp³-hybridized carbons (Fsp3) is 0.206. The number of carbonyl (C=O) groups excluding carboxylic acids is 3. The number of rotatable bonds is 8. The molecule has 0 aromatic heterocycles. The average molecular weight is 550 g/mol. The molecule has 4 rings (SSSR count). The number of amides is 3. The fourth-order valence-corrected chi connectivity index (χ4v) is 4.14. The SMILES string of the molecule is CCC(Oc1ccc(-c2ccccc2)cc1)C(=O)NNC(=O)c1ccc(NC(=O)c2ccc(C(C)(C)C)cc2)cc1. The van der Waals surface area contributed by atoms with Gasteiger partial charge in [-0.25, -0.2) is 0 Å². The minimum Gasteiger partial charge on any atom is -0.481 e. The predicted molar refractivity (Wildman–Crippen MR) is 162 cm³/mol. The lowest BCUT2D eigenvalue weighted by Crippen LogP contribution is -2.47. The van der Waals surface area contributed by atoms with Crippen molar-refractivity contribution in [2.75, 3.05) is 5.32 Å². The van der Waals surface area contributed by atoms with Crippen molar-refractivity contribution in [3.05, 3.63) is 120 Å². The van der Waals surface area contributed by atoms with Crippen LogP contribution >= 0.6 is 0 Å². The van der Waals surface area contributed by atoms with E-state index < -0.39 is 17.9 Å². The first-order valence-electron chi connectivity index (χ1n) is 13.6. The summed E-state index contributed by atoms with van der Waals surface area (Å²) >= 11 is 0. The first-order chi connectivity index (χ1) is 19.6. The van der Waals surface area contributed by atoms with Crippen molar-refractivity contribution in [2.45, 2.75) is 45.6 Å². The van der Waals surface area contributed by atoms with E-state index in [0.717, 1.165) is 16.7 Å². The lowest BCUT2D eigenvalue weighted by atomic mass is 9.87. The van der Waals surface area contributed by atoms with E-state index in [2.05, 4.69) is 36.9 Å². The van der Waals surface area contributed by atoms with E-state index in [1.165, 1.54) is 0 Å². The average Bonchev–Trinajstić information content (AvgIpc) is 2.99. The normalized spacial score (nSPS) is 11.7. The molecule has 0 spiro atoms. The first-order valence-corrected chi connectivity index (χ1v) is 13.6. The van der Waals surface area contributed by atoms with Gasteiger partial charge >= 0.3 is 0 Å². The first kappa shape index (κ1) is 29.1. The van der Waals surface area contributed by atoms with Crippen LogP contribution in [0.15, 0.2) is 103 Å². The summed E-state index contributed by atoms with van der Waals surface area (Å²) < 4.78 is 5.86. The zero-order chi connectivity index (χ0) is 29.4. The molecule has 0 saturated carbocycles. The van der Waals surface area contributed by atoms with Gasteiger partial charge in [-0.1, -0.05) is 82.3 Å². The number of benzene rings is 4. The summed E-state index contributed by atoms with van der Waals surface area (Å²) in [6, 6.07) is 31.4. The van der Waals surface area contributed by atoms with Gasteiger partial charge in [0.25, 0.3) is 17.7 Å². The van der Waals surface area contributed by atoms with E-state index in [1.54, 1.807) is 36.4 Å². The van der Waals surface area contributed by atoms with Gasteiger partial charge in [-0.05, 0) is 77.1 Å².